The first-order valence-electron chi connectivity index (χ1n) is 6.68. The molecule has 0 spiro atoms. The molecule has 1 atom stereocenters. The molecule has 0 rings (SSSR count). The summed E-state index contributed by atoms with van der Waals surface area (Å²) in [5.74, 6) is 0.456. The Morgan fingerprint density at radius 2 is 1.74 bits per heavy atom. The molecule has 0 aromatic heterocycles. The number of hydrogen-bond donors (Lipinski definition) is 2. The summed E-state index contributed by atoms with van der Waals surface area (Å²) in [5, 5.41) is 5.81. The van der Waals surface area contributed by atoms with E-state index in [2.05, 4.69) is 24.5 Å². The Morgan fingerprint density at radius 1 is 1.21 bits per heavy atom. The van der Waals surface area contributed by atoms with Crippen molar-refractivity contribution >= 4 is 15.7 Å². The minimum atomic E-state index is -3.15. The van der Waals surface area contributed by atoms with Crippen LogP contribution in [0.5, 0.6) is 0 Å². The van der Waals surface area contributed by atoms with Gasteiger partial charge in [-0.3, -0.25) is 4.79 Å². The van der Waals surface area contributed by atoms with E-state index in [1.165, 1.54) is 6.26 Å². The average Bonchev–Trinajstić information content (AvgIpc) is 2.23. The third kappa shape index (κ3) is 6.92. The molecule has 19 heavy (non-hydrogen) atoms. The largest absolute Gasteiger partial charge is 0.355 e. The van der Waals surface area contributed by atoms with Gasteiger partial charge in [-0.05, 0) is 33.1 Å². The number of carbonyl (C=O) groups is 1. The van der Waals surface area contributed by atoms with Crippen LogP contribution >= 0.6 is 0 Å². The Morgan fingerprint density at radius 3 is 2.16 bits per heavy atom. The first-order valence-corrected chi connectivity index (χ1v) is 8.57. The van der Waals surface area contributed by atoms with Crippen LogP contribution in [0.25, 0.3) is 0 Å². The summed E-state index contributed by atoms with van der Waals surface area (Å²) in [5.41, 5.74) is 0. The van der Waals surface area contributed by atoms with Gasteiger partial charge in [-0.15, -0.1) is 0 Å². The highest BCUT2D eigenvalue weighted by Crippen LogP contribution is 2.13. The van der Waals surface area contributed by atoms with E-state index in [4.69, 9.17) is 0 Å². The molecule has 0 aliphatic rings. The SMILES string of the molecule is CC(C)CCNC(=O)C(C)NCC(C)(C)S(C)(=O)=O. The lowest BCUT2D eigenvalue weighted by atomic mass is 10.1. The minimum Gasteiger partial charge on any atom is -0.355 e. The predicted molar refractivity (Wildman–Crippen MR) is 78.9 cm³/mol. The summed E-state index contributed by atoms with van der Waals surface area (Å²) in [6.07, 6.45) is 2.15. The lowest BCUT2D eigenvalue weighted by molar-refractivity contribution is -0.122. The number of hydrogen-bond acceptors (Lipinski definition) is 4. The van der Waals surface area contributed by atoms with Crippen LogP contribution < -0.4 is 10.6 Å². The Kier molecular flexibility index (Phi) is 7.00. The van der Waals surface area contributed by atoms with Gasteiger partial charge in [-0.2, -0.15) is 0 Å². The lowest BCUT2D eigenvalue weighted by Gasteiger charge is -2.25. The molecule has 5 nitrogen and oxygen atoms in total. The third-order valence-electron chi connectivity index (χ3n) is 3.25. The van der Waals surface area contributed by atoms with Gasteiger partial charge in [-0.1, -0.05) is 13.8 Å². The molecule has 0 aliphatic carbocycles. The molecule has 0 saturated carbocycles. The van der Waals surface area contributed by atoms with Crippen LogP contribution in [0.2, 0.25) is 0 Å². The van der Waals surface area contributed by atoms with Crippen molar-refractivity contribution in [2.24, 2.45) is 5.92 Å². The molecule has 6 heteroatoms. The zero-order valence-electron chi connectivity index (χ0n) is 12.9. The van der Waals surface area contributed by atoms with E-state index in [1.807, 2.05) is 0 Å². The maximum Gasteiger partial charge on any atom is 0.236 e. The first-order chi connectivity index (χ1) is 8.47. The van der Waals surface area contributed by atoms with Crippen LogP contribution in [0.3, 0.4) is 0 Å². The molecule has 0 aliphatic heterocycles. The number of amides is 1. The zero-order chi connectivity index (χ0) is 15.3. The van der Waals surface area contributed by atoms with Gasteiger partial charge in [0.25, 0.3) is 0 Å². The molecule has 0 aromatic rings. The number of rotatable bonds is 8. The van der Waals surface area contributed by atoms with Crippen molar-refractivity contribution in [3.8, 4) is 0 Å². The fourth-order valence-corrected chi connectivity index (χ4v) is 1.61. The van der Waals surface area contributed by atoms with Crippen molar-refractivity contribution in [2.75, 3.05) is 19.3 Å². The molecule has 0 saturated heterocycles. The first kappa shape index (κ1) is 18.4. The monoisotopic (exact) mass is 292 g/mol. The Bertz CT molecular complexity index is 389. The number of sulfone groups is 1. The zero-order valence-corrected chi connectivity index (χ0v) is 13.7. The Labute approximate surface area is 117 Å². The molecule has 1 amide bonds. The molecule has 0 aromatic carbocycles. The number of nitrogens with one attached hydrogen (secondary N) is 2. The third-order valence-corrected chi connectivity index (χ3v) is 5.40. The summed E-state index contributed by atoms with van der Waals surface area (Å²) < 4.78 is 22.2. The molecule has 0 heterocycles. The summed E-state index contributed by atoms with van der Waals surface area (Å²) in [4.78, 5) is 11.8. The van der Waals surface area contributed by atoms with Gasteiger partial charge in [0.15, 0.2) is 9.84 Å². The second kappa shape index (κ2) is 7.24. The summed E-state index contributed by atoms with van der Waals surface area (Å²) in [7, 11) is -3.15. The molecular weight excluding hydrogens is 264 g/mol. The summed E-state index contributed by atoms with van der Waals surface area (Å²) in [6.45, 7) is 10.1. The van der Waals surface area contributed by atoms with E-state index in [0.29, 0.717) is 12.5 Å². The summed E-state index contributed by atoms with van der Waals surface area (Å²) >= 11 is 0. The van der Waals surface area contributed by atoms with Crippen molar-refractivity contribution in [2.45, 2.75) is 51.8 Å². The fraction of sp³-hybridized carbons (Fsp3) is 0.923. The van der Waals surface area contributed by atoms with E-state index < -0.39 is 20.6 Å². The van der Waals surface area contributed by atoms with Gasteiger partial charge in [0, 0.05) is 19.3 Å². The van der Waals surface area contributed by atoms with E-state index >= 15 is 0 Å². The maximum atomic E-state index is 11.8. The second-order valence-electron chi connectivity index (χ2n) is 6.11. The standard InChI is InChI=1S/C13H28N2O3S/c1-10(2)7-8-14-12(16)11(3)15-9-13(4,5)19(6,17)18/h10-11,15H,7-9H2,1-6H3,(H,14,16). The quantitative estimate of drug-likeness (QED) is 0.698. The highest BCUT2D eigenvalue weighted by Gasteiger charge is 2.30. The van der Waals surface area contributed by atoms with Crippen LogP contribution in [-0.2, 0) is 14.6 Å². The van der Waals surface area contributed by atoms with Crippen LogP contribution in [0.1, 0.15) is 41.0 Å². The van der Waals surface area contributed by atoms with Gasteiger partial charge in [0.2, 0.25) is 5.91 Å². The maximum absolute atomic E-state index is 11.8. The smallest absolute Gasteiger partial charge is 0.236 e. The molecule has 0 radical (unpaired) electrons. The van der Waals surface area contributed by atoms with Crippen molar-refractivity contribution < 1.29 is 13.2 Å². The molecule has 0 bridgehead atoms. The van der Waals surface area contributed by atoms with Gasteiger partial charge in [0.1, 0.15) is 0 Å². The summed E-state index contributed by atoms with van der Waals surface area (Å²) in [6, 6.07) is -0.395. The topological polar surface area (TPSA) is 75.3 Å². The van der Waals surface area contributed by atoms with E-state index in [9.17, 15) is 13.2 Å². The molecular formula is C13H28N2O3S. The van der Waals surface area contributed by atoms with Gasteiger partial charge in [0.05, 0.1) is 10.8 Å². The lowest BCUT2D eigenvalue weighted by Crippen LogP contribution is -2.49. The molecule has 114 valence electrons. The van der Waals surface area contributed by atoms with Crippen molar-refractivity contribution in [1.82, 2.24) is 10.6 Å². The van der Waals surface area contributed by atoms with E-state index in [1.54, 1.807) is 20.8 Å². The minimum absolute atomic E-state index is 0.0926. The normalized spacial score (nSPS) is 14.5. The van der Waals surface area contributed by atoms with E-state index in [-0.39, 0.29) is 12.5 Å². The van der Waals surface area contributed by atoms with Gasteiger partial charge < -0.3 is 10.6 Å². The second-order valence-corrected chi connectivity index (χ2v) is 8.76. The fourth-order valence-electron chi connectivity index (χ4n) is 1.26. The van der Waals surface area contributed by atoms with Crippen LogP contribution in [0.4, 0.5) is 0 Å². The van der Waals surface area contributed by atoms with Crippen molar-refractivity contribution in [3.63, 3.8) is 0 Å². The average molecular weight is 292 g/mol. The highest BCUT2D eigenvalue weighted by molar-refractivity contribution is 7.92. The van der Waals surface area contributed by atoms with Crippen LogP contribution in [0, 0.1) is 5.92 Å². The van der Waals surface area contributed by atoms with Gasteiger partial charge in [-0.25, -0.2) is 8.42 Å². The Hall–Kier alpha value is -0.620. The number of carbonyl (C=O) groups excluding carboxylic acids is 1. The van der Waals surface area contributed by atoms with Crippen molar-refractivity contribution in [3.05, 3.63) is 0 Å². The van der Waals surface area contributed by atoms with Crippen molar-refractivity contribution in [1.29, 1.82) is 0 Å². The Balaban J connectivity index is 4.18. The molecule has 2 N–H and O–H groups in total. The predicted octanol–water partition coefficient (Wildman–Crippen LogP) is 0.950. The van der Waals surface area contributed by atoms with Crippen LogP contribution in [0.15, 0.2) is 0 Å². The van der Waals surface area contributed by atoms with Crippen LogP contribution in [-0.4, -0.2) is 44.5 Å². The van der Waals surface area contributed by atoms with E-state index in [0.717, 1.165) is 6.42 Å². The molecule has 1 unspecified atom stereocenters. The highest BCUT2D eigenvalue weighted by atomic mass is 32.2. The van der Waals surface area contributed by atoms with Gasteiger partial charge >= 0.3 is 0 Å². The molecule has 0 fully saturated rings.